The first-order valence-corrected chi connectivity index (χ1v) is 7.34. The van der Waals surface area contributed by atoms with Gasteiger partial charge < -0.3 is 10.5 Å². The first kappa shape index (κ1) is 14.6. The molecule has 22 heavy (non-hydrogen) atoms. The highest BCUT2D eigenvalue weighted by atomic mass is 19.1. The number of fused-ring (bicyclic) bond motifs is 1. The molecule has 0 saturated carbocycles. The van der Waals surface area contributed by atoms with Crippen molar-refractivity contribution in [1.29, 1.82) is 0 Å². The van der Waals surface area contributed by atoms with E-state index in [1.807, 2.05) is 24.3 Å². The van der Waals surface area contributed by atoms with Crippen molar-refractivity contribution in [2.45, 2.75) is 32.3 Å². The number of nitrogens with two attached hydrogens (primary N) is 1. The zero-order valence-electron chi connectivity index (χ0n) is 12.6. The minimum absolute atomic E-state index is 0.148. The number of carbonyl (C=O) groups excluding carboxylic acids is 1. The minimum Gasteiger partial charge on any atom is -0.482 e. The molecule has 114 valence electrons. The van der Waals surface area contributed by atoms with Crippen LogP contribution in [0.1, 0.15) is 53.8 Å². The van der Waals surface area contributed by atoms with E-state index in [1.165, 1.54) is 17.7 Å². The molecule has 0 aromatic heterocycles. The van der Waals surface area contributed by atoms with E-state index in [2.05, 4.69) is 13.8 Å². The molecule has 2 aromatic carbocycles. The van der Waals surface area contributed by atoms with Gasteiger partial charge in [0.1, 0.15) is 11.9 Å². The van der Waals surface area contributed by atoms with E-state index in [9.17, 15) is 9.18 Å². The van der Waals surface area contributed by atoms with Gasteiger partial charge in [-0.25, -0.2) is 4.39 Å². The van der Waals surface area contributed by atoms with Crippen molar-refractivity contribution >= 4 is 11.5 Å². The summed E-state index contributed by atoms with van der Waals surface area (Å²) in [5.41, 5.74) is 8.33. The molecular weight excluding hydrogens is 281 g/mol. The van der Waals surface area contributed by atoms with Crippen LogP contribution in [0, 0.1) is 5.82 Å². The van der Waals surface area contributed by atoms with Gasteiger partial charge in [-0.1, -0.05) is 38.1 Å². The molecule has 0 fully saturated rings. The summed E-state index contributed by atoms with van der Waals surface area (Å²) in [6.07, 6.45) is -0.189. The number of rotatable bonds is 2. The molecular formula is C18H18FNO2. The Morgan fingerprint density at radius 2 is 1.91 bits per heavy atom. The molecule has 3 rings (SSSR count). The van der Waals surface area contributed by atoms with Crippen LogP contribution in [0.2, 0.25) is 0 Å². The Hall–Kier alpha value is -2.36. The first-order valence-electron chi connectivity index (χ1n) is 7.34. The van der Waals surface area contributed by atoms with Crippen LogP contribution in [0.15, 0.2) is 36.4 Å². The second-order valence-electron chi connectivity index (χ2n) is 5.93. The predicted octanol–water partition coefficient (Wildman–Crippen LogP) is 4.24. The fourth-order valence-electron chi connectivity index (χ4n) is 2.70. The van der Waals surface area contributed by atoms with E-state index < -0.39 is 5.82 Å². The maximum absolute atomic E-state index is 13.4. The molecule has 4 heteroatoms. The Morgan fingerprint density at radius 1 is 1.23 bits per heavy atom. The summed E-state index contributed by atoms with van der Waals surface area (Å²) in [5, 5.41) is 0. The molecule has 0 spiro atoms. The van der Waals surface area contributed by atoms with Gasteiger partial charge in [-0.15, -0.1) is 0 Å². The van der Waals surface area contributed by atoms with Crippen molar-refractivity contribution in [1.82, 2.24) is 0 Å². The molecule has 0 bridgehead atoms. The molecule has 2 N–H and O–H groups in total. The van der Waals surface area contributed by atoms with Crippen molar-refractivity contribution in [2.75, 3.05) is 5.73 Å². The van der Waals surface area contributed by atoms with E-state index >= 15 is 0 Å². The maximum Gasteiger partial charge on any atom is 0.170 e. The number of hydrogen-bond donors (Lipinski definition) is 1. The molecule has 0 aliphatic carbocycles. The number of hydrogen-bond acceptors (Lipinski definition) is 3. The molecule has 1 heterocycles. The van der Waals surface area contributed by atoms with Crippen molar-refractivity contribution in [3.05, 3.63) is 58.9 Å². The van der Waals surface area contributed by atoms with Crippen LogP contribution in [0.3, 0.4) is 0 Å². The summed E-state index contributed by atoms with van der Waals surface area (Å²) in [6.45, 7) is 4.25. The lowest BCUT2D eigenvalue weighted by Gasteiger charge is -2.26. The molecule has 0 radical (unpaired) electrons. The fraction of sp³-hybridized carbons (Fsp3) is 0.278. The van der Waals surface area contributed by atoms with Gasteiger partial charge in [-0.3, -0.25) is 4.79 Å². The third kappa shape index (κ3) is 2.56. The third-order valence-corrected chi connectivity index (χ3v) is 3.99. The molecule has 3 nitrogen and oxygen atoms in total. The molecule has 1 atom stereocenters. The quantitative estimate of drug-likeness (QED) is 0.844. The monoisotopic (exact) mass is 299 g/mol. The topological polar surface area (TPSA) is 52.3 Å². The molecule has 2 aromatic rings. The largest absolute Gasteiger partial charge is 0.482 e. The van der Waals surface area contributed by atoms with Gasteiger partial charge in [0, 0.05) is 6.07 Å². The van der Waals surface area contributed by atoms with Gasteiger partial charge in [0.15, 0.2) is 11.5 Å². The highest BCUT2D eigenvalue weighted by molar-refractivity contribution is 6.01. The smallest absolute Gasteiger partial charge is 0.170 e. The number of carbonyl (C=O) groups is 1. The number of halogens is 1. The Bertz CT molecular complexity index is 723. The second-order valence-corrected chi connectivity index (χ2v) is 5.93. The van der Waals surface area contributed by atoms with Crippen LogP contribution >= 0.6 is 0 Å². The molecule has 1 aliphatic rings. The predicted molar refractivity (Wildman–Crippen MR) is 83.7 cm³/mol. The normalized spacial score (nSPS) is 17.3. The van der Waals surface area contributed by atoms with Crippen LogP contribution in [0.25, 0.3) is 0 Å². The van der Waals surface area contributed by atoms with Crippen molar-refractivity contribution in [2.24, 2.45) is 0 Å². The fourth-order valence-corrected chi connectivity index (χ4v) is 2.70. The van der Waals surface area contributed by atoms with Crippen molar-refractivity contribution < 1.29 is 13.9 Å². The number of ketones is 1. The second kappa shape index (κ2) is 5.44. The van der Waals surface area contributed by atoms with Crippen LogP contribution in [-0.2, 0) is 0 Å². The van der Waals surface area contributed by atoms with Crippen LogP contribution in [-0.4, -0.2) is 5.78 Å². The van der Waals surface area contributed by atoms with Crippen molar-refractivity contribution in [3.63, 3.8) is 0 Å². The Morgan fingerprint density at radius 3 is 2.55 bits per heavy atom. The van der Waals surface area contributed by atoms with Gasteiger partial charge in [0.2, 0.25) is 0 Å². The third-order valence-electron chi connectivity index (χ3n) is 3.99. The highest BCUT2D eigenvalue weighted by Gasteiger charge is 2.29. The lowest BCUT2D eigenvalue weighted by Crippen LogP contribution is -2.21. The zero-order valence-corrected chi connectivity index (χ0v) is 12.6. The minimum atomic E-state index is -0.520. The van der Waals surface area contributed by atoms with Gasteiger partial charge in [0.25, 0.3) is 0 Å². The van der Waals surface area contributed by atoms with E-state index in [-0.39, 0.29) is 35.3 Å². The standard InChI is InChI=1S/C18H18FNO2/c1-10(2)11-3-5-12(6-4-11)17-9-16(21)14-7-13(19)8-15(20)18(14)22-17/h3-8,10,17H,9,20H2,1-2H3. The summed E-state index contributed by atoms with van der Waals surface area (Å²) in [7, 11) is 0. The van der Waals surface area contributed by atoms with Gasteiger partial charge >= 0.3 is 0 Å². The number of ether oxygens (including phenoxy) is 1. The van der Waals surface area contributed by atoms with Crippen LogP contribution in [0.4, 0.5) is 10.1 Å². The van der Waals surface area contributed by atoms with Crippen LogP contribution in [0.5, 0.6) is 5.75 Å². The average Bonchev–Trinajstić information content (AvgIpc) is 2.48. The molecule has 0 saturated heterocycles. The van der Waals surface area contributed by atoms with Crippen LogP contribution < -0.4 is 10.5 Å². The molecule has 1 unspecified atom stereocenters. The summed E-state index contributed by atoms with van der Waals surface area (Å²) in [5.74, 6) is 0.0659. The first-order chi connectivity index (χ1) is 10.5. The Kier molecular flexibility index (Phi) is 3.61. The highest BCUT2D eigenvalue weighted by Crippen LogP contribution is 2.39. The Labute approximate surface area is 128 Å². The van der Waals surface area contributed by atoms with Gasteiger partial charge in [-0.2, -0.15) is 0 Å². The van der Waals surface area contributed by atoms with E-state index in [4.69, 9.17) is 10.5 Å². The summed E-state index contributed by atoms with van der Waals surface area (Å²) >= 11 is 0. The van der Waals surface area contributed by atoms with E-state index in [0.717, 1.165) is 5.56 Å². The maximum atomic E-state index is 13.4. The lowest BCUT2D eigenvalue weighted by atomic mass is 9.94. The number of benzene rings is 2. The van der Waals surface area contributed by atoms with E-state index in [0.29, 0.717) is 5.92 Å². The Balaban J connectivity index is 1.93. The summed E-state index contributed by atoms with van der Waals surface area (Å²) in [4.78, 5) is 12.2. The molecule has 0 amide bonds. The lowest BCUT2D eigenvalue weighted by molar-refractivity contribution is 0.0850. The van der Waals surface area contributed by atoms with Gasteiger partial charge in [-0.05, 0) is 23.1 Å². The van der Waals surface area contributed by atoms with Gasteiger partial charge in [0.05, 0.1) is 17.7 Å². The summed E-state index contributed by atoms with van der Waals surface area (Å²) in [6, 6.07) is 10.4. The number of nitrogen functional groups attached to an aromatic ring is 1. The zero-order chi connectivity index (χ0) is 15.9. The summed E-state index contributed by atoms with van der Waals surface area (Å²) < 4.78 is 19.2. The van der Waals surface area contributed by atoms with Crippen molar-refractivity contribution in [3.8, 4) is 5.75 Å². The SMILES string of the molecule is CC(C)c1ccc(C2CC(=O)c3cc(F)cc(N)c3O2)cc1. The average molecular weight is 299 g/mol. The molecule has 1 aliphatic heterocycles. The van der Waals surface area contributed by atoms with E-state index in [1.54, 1.807) is 0 Å². The number of anilines is 1. The number of Topliss-reactive ketones (excluding diaryl/α,β-unsaturated/α-hetero) is 1.